The molecule has 0 spiro atoms. The molecular formula is C21H21N5O3. The molecule has 0 aliphatic rings. The number of rotatable bonds is 7. The van der Waals surface area contributed by atoms with E-state index in [4.69, 9.17) is 9.47 Å². The van der Waals surface area contributed by atoms with Crippen LogP contribution in [-0.2, 0) is 0 Å². The average molecular weight is 391 g/mol. The molecule has 0 aliphatic carbocycles. The third-order valence-corrected chi connectivity index (χ3v) is 4.03. The average Bonchev–Trinajstić information content (AvgIpc) is 2.76. The van der Waals surface area contributed by atoms with Crippen LogP contribution in [0.15, 0.2) is 54.0 Å². The van der Waals surface area contributed by atoms with Crippen molar-refractivity contribution in [3.8, 4) is 22.8 Å². The maximum atomic E-state index is 12.4. The first-order valence-corrected chi connectivity index (χ1v) is 9.00. The molecule has 3 rings (SSSR count). The Morgan fingerprint density at radius 2 is 1.97 bits per heavy atom. The van der Waals surface area contributed by atoms with Crippen molar-refractivity contribution in [1.82, 2.24) is 20.4 Å². The zero-order valence-electron chi connectivity index (χ0n) is 16.4. The lowest BCUT2D eigenvalue weighted by Crippen LogP contribution is -2.19. The van der Waals surface area contributed by atoms with Gasteiger partial charge in [0, 0.05) is 16.8 Å². The predicted molar refractivity (Wildman–Crippen MR) is 109 cm³/mol. The first-order valence-electron chi connectivity index (χ1n) is 9.00. The van der Waals surface area contributed by atoms with Gasteiger partial charge >= 0.3 is 0 Å². The molecule has 0 bridgehead atoms. The second kappa shape index (κ2) is 9.41. The molecule has 1 N–H and O–H groups in total. The molecule has 0 saturated heterocycles. The molecule has 8 heteroatoms. The van der Waals surface area contributed by atoms with Gasteiger partial charge in [-0.05, 0) is 44.2 Å². The molecule has 148 valence electrons. The topological polar surface area (TPSA) is 98.6 Å². The van der Waals surface area contributed by atoms with E-state index >= 15 is 0 Å². The molecule has 3 aromatic rings. The summed E-state index contributed by atoms with van der Waals surface area (Å²) in [5.74, 6) is 0.919. The van der Waals surface area contributed by atoms with Crippen LogP contribution in [-0.4, -0.2) is 40.8 Å². The van der Waals surface area contributed by atoms with Gasteiger partial charge in [0.2, 0.25) is 0 Å². The first kappa shape index (κ1) is 19.9. The number of aryl methyl sites for hydroxylation is 1. The van der Waals surface area contributed by atoms with E-state index < -0.39 is 5.91 Å². The Kier molecular flexibility index (Phi) is 6.47. The summed E-state index contributed by atoms with van der Waals surface area (Å²) in [6, 6.07) is 9.22. The minimum Gasteiger partial charge on any atom is -0.495 e. The van der Waals surface area contributed by atoms with Gasteiger partial charge in [0.1, 0.15) is 17.2 Å². The lowest BCUT2D eigenvalue weighted by atomic mass is 10.1. The molecule has 0 atom stereocenters. The molecule has 0 fully saturated rings. The van der Waals surface area contributed by atoms with Crippen LogP contribution in [0.1, 0.15) is 28.7 Å². The number of amides is 1. The summed E-state index contributed by atoms with van der Waals surface area (Å²) in [4.78, 5) is 25.1. The van der Waals surface area contributed by atoms with Crippen LogP contribution in [0.5, 0.6) is 11.5 Å². The SMILES string of the molecule is CCOc1ccc(-c2cncc(C(=O)N/N=C/c3cc(OC)cnc3C)n2)cc1. The number of carbonyl (C=O) groups excluding carboxylic acids is 1. The number of aromatic nitrogens is 3. The van der Waals surface area contributed by atoms with Crippen LogP contribution in [0.3, 0.4) is 0 Å². The molecule has 0 unspecified atom stereocenters. The molecule has 8 nitrogen and oxygen atoms in total. The fraction of sp³-hybridized carbons (Fsp3) is 0.190. The molecule has 0 aliphatic heterocycles. The molecular weight excluding hydrogens is 370 g/mol. The van der Waals surface area contributed by atoms with Gasteiger partial charge in [0.15, 0.2) is 0 Å². The number of ether oxygens (including phenoxy) is 2. The lowest BCUT2D eigenvalue weighted by Gasteiger charge is -2.06. The number of nitrogens with zero attached hydrogens (tertiary/aromatic N) is 4. The number of methoxy groups -OCH3 is 1. The fourth-order valence-corrected chi connectivity index (χ4v) is 2.49. The highest BCUT2D eigenvalue weighted by atomic mass is 16.5. The Morgan fingerprint density at radius 1 is 1.17 bits per heavy atom. The van der Waals surface area contributed by atoms with Gasteiger partial charge in [-0.2, -0.15) is 5.10 Å². The van der Waals surface area contributed by atoms with Crippen molar-refractivity contribution in [3.63, 3.8) is 0 Å². The van der Waals surface area contributed by atoms with Crippen molar-refractivity contribution in [1.29, 1.82) is 0 Å². The highest BCUT2D eigenvalue weighted by Crippen LogP contribution is 2.20. The van der Waals surface area contributed by atoms with Crippen molar-refractivity contribution in [2.75, 3.05) is 13.7 Å². The number of pyridine rings is 1. The lowest BCUT2D eigenvalue weighted by molar-refractivity contribution is 0.0950. The van der Waals surface area contributed by atoms with Crippen molar-refractivity contribution in [2.24, 2.45) is 5.10 Å². The van der Waals surface area contributed by atoms with E-state index in [0.29, 0.717) is 18.1 Å². The third-order valence-electron chi connectivity index (χ3n) is 4.03. The molecule has 0 saturated carbocycles. The summed E-state index contributed by atoms with van der Waals surface area (Å²) in [6.45, 7) is 4.37. The van der Waals surface area contributed by atoms with Crippen LogP contribution in [0, 0.1) is 6.92 Å². The Labute approximate surface area is 168 Å². The van der Waals surface area contributed by atoms with E-state index in [9.17, 15) is 4.79 Å². The molecule has 29 heavy (non-hydrogen) atoms. The fourth-order valence-electron chi connectivity index (χ4n) is 2.49. The smallest absolute Gasteiger partial charge is 0.291 e. The third kappa shape index (κ3) is 5.13. The number of hydrazone groups is 1. The number of hydrogen-bond acceptors (Lipinski definition) is 7. The quantitative estimate of drug-likeness (QED) is 0.491. The van der Waals surface area contributed by atoms with Crippen molar-refractivity contribution in [2.45, 2.75) is 13.8 Å². The maximum absolute atomic E-state index is 12.4. The normalized spacial score (nSPS) is 10.7. The summed E-state index contributed by atoms with van der Waals surface area (Å²) >= 11 is 0. The standard InChI is InChI=1S/C21H21N5O3/c1-4-29-17-7-5-15(6-8-17)19-12-22-13-20(25-19)21(27)26-24-10-16-9-18(28-3)11-23-14(16)2/h5-13H,4H2,1-3H3,(H,26,27)/b24-10+. The number of benzene rings is 1. The highest BCUT2D eigenvalue weighted by Gasteiger charge is 2.09. The summed E-state index contributed by atoms with van der Waals surface area (Å²) in [5.41, 5.74) is 5.53. The summed E-state index contributed by atoms with van der Waals surface area (Å²) in [7, 11) is 1.56. The minimum atomic E-state index is -0.463. The van der Waals surface area contributed by atoms with E-state index in [1.807, 2.05) is 38.1 Å². The van der Waals surface area contributed by atoms with Crippen LogP contribution in [0.2, 0.25) is 0 Å². The zero-order valence-corrected chi connectivity index (χ0v) is 16.4. The van der Waals surface area contributed by atoms with Gasteiger partial charge in [0.25, 0.3) is 5.91 Å². The maximum Gasteiger partial charge on any atom is 0.291 e. The predicted octanol–water partition coefficient (Wildman–Crippen LogP) is 3.02. The Morgan fingerprint density at radius 3 is 2.69 bits per heavy atom. The van der Waals surface area contributed by atoms with E-state index in [1.165, 1.54) is 12.4 Å². The van der Waals surface area contributed by atoms with E-state index in [-0.39, 0.29) is 5.69 Å². The molecule has 1 aromatic carbocycles. The van der Waals surface area contributed by atoms with Gasteiger partial charge in [-0.25, -0.2) is 10.4 Å². The first-order chi connectivity index (χ1) is 14.1. The Balaban J connectivity index is 1.71. The largest absolute Gasteiger partial charge is 0.495 e. The van der Waals surface area contributed by atoms with Gasteiger partial charge in [-0.3, -0.25) is 14.8 Å². The van der Waals surface area contributed by atoms with Crippen LogP contribution >= 0.6 is 0 Å². The second-order valence-corrected chi connectivity index (χ2v) is 6.00. The number of nitrogens with one attached hydrogen (secondary N) is 1. The van der Waals surface area contributed by atoms with Gasteiger partial charge in [0.05, 0.1) is 44.2 Å². The van der Waals surface area contributed by atoms with Crippen molar-refractivity contribution < 1.29 is 14.3 Å². The Hall–Kier alpha value is -3.81. The van der Waals surface area contributed by atoms with Crippen molar-refractivity contribution in [3.05, 3.63) is 65.9 Å². The monoisotopic (exact) mass is 391 g/mol. The summed E-state index contributed by atoms with van der Waals surface area (Å²) in [6.07, 6.45) is 6.11. The summed E-state index contributed by atoms with van der Waals surface area (Å²) in [5, 5.41) is 3.98. The van der Waals surface area contributed by atoms with Crippen LogP contribution in [0.25, 0.3) is 11.3 Å². The van der Waals surface area contributed by atoms with E-state index in [2.05, 4.69) is 25.5 Å². The van der Waals surface area contributed by atoms with E-state index in [1.54, 1.807) is 25.6 Å². The Bertz CT molecular complexity index is 1020. The number of carbonyl (C=O) groups is 1. The molecule has 2 heterocycles. The van der Waals surface area contributed by atoms with E-state index in [0.717, 1.165) is 22.6 Å². The number of hydrogen-bond donors (Lipinski definition) is 1. The van der Waals surface area contributed by atoms with Gasteiger partial charge in [-0.15, -0.1) is 0 Å². The van der Waals surface area contributed by atoms with Crippen LogP contribution < -0.4 is 14.9 Å². The second-order valence-electron chi connectivity index (χ2n) is 6.00. The highest BCUT2D eigenvalue weighted by molar-refractivity contribution is 5.93. The van der Waals surface area contributed by atoms with Gasteiger partial charge < -0.3 is 9.47 Å². The summed E-state index contributed by atoms with van der Waals surface area (Å²) < 4.78 is 10.6. The molecule has 2 aromatic heterocycles. The zero-order chi connectivity index (χ0) is 20.6. The molecule has 1 amide bonds. The van der Waals surface area contributed by atoms with Gasteiger partial charge in [-0.1, -0.05) is 0 Å². The van der Waals surface area contributed by atoms with Crippen LogP contribution in [0.4, 0.5) is 0 Å². The minimum absolute atomic E-state index is 0.161. The molecule has 0 radical (unpaired) electrons. The van der Waals surface area contributed by atoms with Crippen molar-refractivity contribution >= 4 is 12.1 Å².